The number of benzene rings is 2. The van der Waals surface area contributed by atoms with Crippen molar-refractivity contribution < 1.29 is 19.4 Å². The summed E-state index contributed by atoms with van der Waals surface area (Å²) in [4.78, 5) is 11.2. The number of carboxylic acid groups (broad SMARTS) is 1. The molecule has 0 atom stereocenters. The molecule has 2 rings (SSSR count). The van der Waals surface area contributed by atoms with Crippen LogP contribution in [-0.4, -0.2) is 16.2 Å². The molecule has 3 nitrogen and oxygen atoms in total. The molecule has 0 unspecified atom stereocenters. The van der Waals surface area contributed by atoms with Gasteiger partial charge in [0.15, 0.2) is 0 Å². The lowest BCUT2D eigenvalue weighted by Gasteiger charge is -2.12. The van der Waals surface area contributed by atoms with E-state index in [0.717, 1.165) is 0 Å². The van der Waals surface area contributed by atoms with Crippen LogP contribution < -0.4 is 0 Å². The van der Waals surface area contributed by atoms with Crippen LogP contribution >= 0.6 is 11.6 Å². The van der Waals surface area contributed by atoms with E-state index < -0.39 is 11.8 Å². The number of halogens is 2. The third-order valence-corrected chi connectivity index (χ3v) is 3.26. The lowest BCUT2D eigenvalue weighted by molar-refractivity contribution is 0.0693. The minimum atomic E-state index is -1.26. The van der Waals surface area contributed by atoms with E-state index in [1.54, 1.807) is 0 Å². The fraction of sp³-hybridized carbons (Fsp3) is 0.0714. The largest absolute Gasteiger partial charge is 0.506 e. The average molecular weight is 281 g/mol. The third-order valence-electron chi connectivity index (χ3n) is 2.87. The van der Waals surface area contributed by atoms with Gasteiger partial charge in [0.25, 0.3) is 0 Å². The maximum absolute atomic E-state index is 12.9. The summed E-state index contributed by atoms with van der Waals surface area (Å²) in [7, 11) is 0. The summed E-state index contributed by atoms with van der Waals surface area (Å²) in [6.45, 7) is 1.51. The standard InChI is InChI=1S/C14H10ClFO3/c1-7-11(15)6-10(13(17)12(7)14(18)19)8-2-4-9(16)5-3-8/h2-6,17H,1H3,(H,18,19). The lowest BCUT2D eigenvalue weighted by atomic mass is 9.98. The Morgan fingerprint density at radius 3 is 2.37 bits per heavy atom. The molecule has 0 aliphatic heterocycles. The number of aromatic carboxylic acids is 1. The molecule has 0 fully saturated rings. The van der Waals surface area contributed by atoms with E-state index in [1.807, 2.05) is 0 Å². The molecular formula is C14H10ClFO3. The molecule has 98 valence electrons. The maximum Gasteiger partial charge on any atom is 0.339 e. The van der Waals surface area contributed by atoms with Crippen molar-refractivity contribution in [3.05, 3.63) is 52.3 Å². The number of aromatic hydroxyl groups is 1. The van der Waals surface area contributed by atoms with E-state index in [1.165, 1.54) is 37.3 Å². The second-order valence-corrected chi connectivity index (χ2v) is 4.47. The van der Waals surface area contributed by atoms with Gasteiger partial charge in [-0.2, -0.15) is 0 Å². The van der Waals surface area contributed by atoms with Crippen LogP contribution in [0.25, 0.3) is 11.1 Å². The first-order valence-corrected chi connectivity index (χ1v) is 5.81. The number of carboxylic acids is 1. The van der Waals surface area contributed by atoms with Gasteiger partial charge in [0.1, 0.15) is 17.1 Å². The van der Waals surface area contributed by atoms with E-state index in [2.05, 4.69) is 0 Å². The molecule has 0 radical (unpaired) electrons. The summed E-state index contributed by atoms with van der Waals surface area (Å²) in [5, 5.41) is 19.4. The molecule has 0 bridgehead atoms. The van der Waals surface area contributed by atoms with Crippen molar-refractivity contribution >= 4 is 17.6 Å². The minimum Gasteiger partial charge on any atom is -0.506 e. The van der Waals surface area contributed by atoms with Gasteiger partial charge in [-0.3, -0.25) is 0 Å². The first kappa shape index (κ1) is 13.4. The predicted molar refractivity (Wildman–Crippen MR) is 70.2 cm³/mol. The van der Waals surface area contributed by atoms with Gasteiger partial charge in [0.2, 0.25) is 0 Å². The summed E-state index contributed by atoms with van der Waals surface area (Å²) in [6.07, 6.45) is 0. The van der Waals surface area contributed by atoms with Crippen molar-refractivity contribution in [2.24, 2.45) is 0 Å². The fourth-order valence-corrected chi connectivity index (χ4v) is 2.05. The Kier molecular flexibility index (Phi) is 3.44. The van der Waals surface area contributed by atoms with Gasteiger partial charge in [0, 0.05) is 10.6 Å². The molecule has 0 aromatic heterocycles. The van der Waals surface area contributed by atoms with Gasteiger partial charge >= 0.3 is 5.97 Å². The minimum absolute atomic E-state index is 0.231. The second-order valence-electron chi connectivity index (χ2n) is 4.07. The molecule has 19 heavy (non-hydrogen) atoms. The molecular weight excluding hydrogens is 271 g/mol. The average Bonchev–Trinajstić information content (AvgIpc) is 2.35. The van der Waals surface area contributed by atoms with Crippen molar-refractivity contribution in [2.45, 2.75) is 6.92 Å². The van der Waals surface area contributed by atoms with Gasteiger partial charge in [0.05, 0.1) is 0 Å². The summed E-state index contributed by atoms with van der Waals surface area (Å²) >= 11 is 5.97. The van der Waals surface area contributed by atoms with Crippen LogP contribution in [0.5, 0.6) is 5.75 Å². The van der Waals surface area contributed by atoms with E-state index in [9.17, 15) is 14.3 Å². The van der Waals surface area contributed by atoms with Crippen molar-refractivity contribution in [3.63, 3.8) is 0 Å². The Bertz CT molecular complexity index is 651. The predicted octanol–water partition coefficient (Wildman–Crippen LogP) is 3.86. The Morgan fingerprint density at radius 2 is 1.84 bits per heavy atom. The zero-order valence-corrected chi connectivity index (χ0v) is 10.7. The van der Waals surface area contributed by atoms with Gasteiger partial charge < -0.3 is 10.2 Å². The molecule has 0 spiro atoms. The van der Waals surface area contributed by atoms with Crippen LogP contribution in [0.1, 0.15) is 15.9 Å². The fourth-order valence-electron chi connectivity index (χ4n) is 1.85. The van der Waals surface area contributed by atoms with Gasteiger partial charge in [-0.25, -0.2) is 9.18 Å². The first-order chi connectivity index (χ1) is 8.91. The van der Waals surface area contributed by atoms with E-state index in [4.69, 9.17) is 16.7 Å². The lowest BCUT2D eigenvalue weighted by Crippen LogP contribution is -2.02. The third kappa shape index (κ3) is 2.39. The molecule has 0 heterocycles. The molecule has 2 aromatic rings. The number of phenols is 1. The monoisotopic (exact) mass is 280 g/mol. The molecule has 0 amide bonds. The zero-order chi connectivity index (χ0) is 14.2. The molecule has 0 saturated heterocycles. The highest BCUT2D eigenvalue weighted by Gasteiger charge is 2.20. The molecule has 0 aliphatic carbocycles. The first-order valence-electron chi connectivity index (χ1n) is 5.43. The van der Waals surface area contributed by atoms with E-state index in [0.29, 0.717) is 5.56 Å². The maximum atomic E-state index is 12.9. The number of hydrogen-bond acceptors (Lipinski definition) is 2. The van der Waals surface area contributed by atoms with Crippen LogP contribution in [0.15, 0.2) is 30.3 Å². The number of hydrogen-bond donors (Lipinski definition) is 2. The smallest absolute Gasteiger partial charge is 0.339 e. The molecule has 0 saturated carbocycles. The molecule has 2 N–H and O–H groups in total. The summed E-state index contributed by atoms with van der Waals surface area (Å²) in [6, 6.07) is 6.81. The van der Waals surface area contributed by atoms with Gasteiger partial charge in [-0.1, -0.05) is 23.7 Å². The zero-order valence-electron chi connectivity index (χ0n) is 9.95. The van der Waals surface area contributed by atoms with E-state index in [-0.39, 0.29) is 27.5 Å². The van der Waals surface area contributed by atoms with Crippen molar-refractivity contribution in [2.75, 3.05) is 0 Å². The summed E-state index contributed by atoms with van der Waals surface area (Å²) in [5.74, 6) is -2.05. The topological polar surface area (TPSA) is 57.5 Å². The van der Waals surface area contributed by atoms with Gasteiger partial charge in [-0.15, -0.1) is 0 Å². The van der Waals surface area contributed by atoms with Crippen molar-refractivity contribution in [1.29, 1.82) is 0 Å². The van der Waals surface area contributed by atoms with Crippen LogP contribution in [0.4, 0.5) is 4.39 Å². The summed E-state index contributed by atoms with van der Waals surface area (Å²) < 4.78 is 12.9. The van der Waals surface area contributed by atoms with Gasteiger partial charge in [-0.05, 0) is 36.2 Å². The van der Waals surface area contributed by atoms with Crippen LogP contribution in [0.2, 0.25) is 5.02 Å². The Labute approximate surface area is 113 Å². The highest BCUT2D eigenvalue weighted by Crippen LogP contribution is 2.38. The molecule has 0 aliphatic rings. The van der Waals surface area contributed by atoms with Crippen molar-refractivity contribution in [1.82, 2.24) is 0 Å². The SMILES string of the molecule is Cc1c(Cl)cc(-c2ccc(F)cc2)c(O)c1C(=O)O. The van der Waals surface area contributed by atoms with Crippen LogP contribution in [-0.2, 0) is 0 Å². The normalized spacial score (nSPS) is 10.5. The Hall–Kier alpha value is -2.07. The number of carbonyl (C=O) groups is 1. The number of rotatable bonds is 2. The molecule has 5 heteroatoms. The summed E-state index contributed by atoms with van der Waals surface area (Å²) in [5.41, 5.74) is 0.792. The van der Waals surface area contributed by atoms with Crippen LogP contribution in [0, 0.1) is 12.7 Å². The Morgan fingerprint density at radius 1 is 1.26 bits per heavy atom. The quantitative estimate of drug-likeness (QED) is 0.878. The highest BCUT2D eigenvalue weighted by molar-refractivity contribution is 6.32. The molecule has 2 aromatic carbocycles. The van der Waals surface area contributed by atoms with Crippen molar-refractivity contribution in [3.8, 4) is 16.9 Å². The van der Waals surface area contributed by atoms with E-state index >= 15 is 0 Å². The highest BCUT2D eigenvalue weighted by atomic mass is 35.5. The Balaban J connectivity index is 2.71. The van der Waals surface area contributed by atoms with Crippen LogP contribution in [0.3, 0.4) is 0 Å². The second kappa shape index (κ2) is 4.90.